The van der Waals surface area contributed by atoms with Crippen molar-refractivity contribution in [2.24, 2.45) is 5.92 Å². The molecule has 0 bridgehead atoms. The van der Waals surface area contributed by atoms with Crippen LogP contribution in [-0.2, 0) is 18.1 Å². The highest BCUT2D eigenvalue weighted by molar-refractivity contribution is 5.92. The van der Waals surface area contributed by atoms with Crippen molar-refractivity contribution in [2.45, 2.75) is 71.1 Å². The Morgan fingerprint density at radius 3 is 2.15 bits per heavy atom. The van der Waals surface area contributed by atoms with E-state index in [2.05, 4.69) is 36.1 Å². The van der Waals surface area contributed by atoms with Crippen LogP contribution in [0.1, 0.15) is 74.3 Å². The summed E-state index contributed by atoms with van der Waals surface area (Å²) in [4.78, 5) is 25.2. The Balaban J connectivity index is 1.67. The molecule has 2 heterocycles. The van der Waals surface area contributed by atoms with Gasteiger partial charge in [-0.15, -0.1) is 0 Å². The van der Waals surface area contributed by atoms with E-state index in [-0.39, 0.29) is 29.5 Å². The number of carbonyl (C=O) groups is 1. The van der Waals surface area contributed by atoms with Gasteiger partial charge in [-0.05, 0) is 54.4 Å². The van der Waals surface area contributed by atoms with E-state index in [1.54, 1.807) is 0 Å². The van der Waals surface area contributed by atoms with E-state index < -0.39 is 17.7 Å². The summed E-state index contributed by atoms with van der Waals surface area (Å²) in [5.41, 5.74) is 2.45. The summed E-state index contributed by atoms with van der Waals surface area (Å²) in [6, 6.07) is 13.0. The maximum absolute atomic E-state index is 13.2. The van der Waals surface area contributed by atoms with Crippen LogP contribution >= 0.6 is 0 Å². The number of carboxylic acid groups (broad SMARTS) is 1. The minimum atomic E-state index is -4.43. The summed E-state index contributed by atoms with van der Waals surface area (Å²) in [6.07, 6.45) is -1.14. The third kappa shape index (κ3) is 5.52. The quantitative estimate of drug-likeness (QED) is 0.253. The maximum atomic E-state index is 13.2. The fourth-order valence-electron chi connectivity index (χ4n) is 4.98. The Bertz CT molecular complexity index is 1530. The third-order valence-electron chi connectivity index (χ3n) is 7.65. The fourth-order valence-corrected chi connectivity index (χ4v) is 4.98. The molecule has 7 nitrogen and oxygen atoms in total. The van der Waals surface area contributed by atoms with Crippen LogP contribution in [0.3, 0.4) is 0 Å². The van der Waals surface area contributed by atoms with Gasteiger partial charge in [0.1, 0.15) is 11.3 Å². The number of alkyl halides is 3. The normalized spacial score (nSPS) is 15.2. The van der Waals surface area contributed by atoms with Crippen LogP contribution < -0.4 is 5.32 Å². The first-order valence-corrected chi connectivity index (χ1v) is 13.4. The van der Waals surface area contributed by atoms with E-state index in [0.717, 1.165) is 42.5 Å². The van der Waals surface area contributed by atoms with Crippen LogP contribution in [-0.4, -0.2) is 36.6 Å². The zero-order valence-corrected chi connectivity index (χ0v) is 22.9. The van der Waals surface area contributed by atoms with Crippen LogP contribution in [0.2, 0.25) is 0 Å². The van der Waals surface area contributed by atoms with E-state index >= 15 is 0 Å². The highest BCUT2D eigenvalue weighted by Crippen LogP contribution is 2.35. The summed E-state index contributed by atoms with van der Waals surface area (Å²) >= 11 is 0. The summed E-state index contributed by atoms with van der Waals surface area (Å²) in [5, 5.41) is 13.1. The van der Waals surface area contributed by atoms with E-state index in [1.807, 2.05) is 35.8 Å². The number of carboxylic acids is 1. The zero-order chi connectivity index (χ0) is 28.8. The number of hydrogen-bond donors (Lipinski definition) is 2. The summed E-state index contributed by atoms with van der Waals surface area (Å²) in [6.45, 7) is 8.58. The lowest BCUT2D eigenvalue weighted by atomic mass is 9.80. The Kier molecular flexibility index (Phi) is 7.06. The van der Waals surface area contributed by atoms with Gasteiger partial charge in [-0.25, -0.2) is 19.7 Å². The Hall–Kier alpha value is -3.95. The minimum Gasteiger partial charge on any atom is -0.475 e. The number of benzene rings is 2. The maximum Gasteiger partial charge on any atom is 0.416 e. The number of hydrogen-bond acceptors (Lipinski definition) is 5. The van der Waals surface area contributed by atoms with Crippen molar-refractivity contribution in [1.29, 1.82) is 0 Å². The zero-order valence-electron chi connectivity index (χ0n) is 22.9. The molecule has 10 heteroatoms. The van der Waals surface area contributed by atoms with Crippen molar-refractivity contribution in [3.63, 3.8) is 0 Å². The molecule has 210 valence electrons. The number of rotatable bonds is 7. The van der Waals surface area contributed by atoms with E-state index in [1.165, 1.54) is 12.1 Å². The minimum absolute atomic E-state index is 0.0393. The molecular weight excluding hydrogens is 519 g/mol. The molecule has 1 aliphatic carbocycles. The van der Waals surface area contributed by atoms with Gasteiger partial charge in [0.2, 0.25) is 5.82 Å². The van der Waals surface area contributed by atoms with Gasteiger partial charge in [-0.3, -0.25) is 0 Å². The number of halogens is 3. The van der Waals surface area contributed by atoms with Gasteiger partial charge in [0.25, 0.3) is 0 Å². The number of aromatic carboxylic acids is 1. The monoisotopic (exact) mass is 551 g/mol. The number of aromatic nitrogens is 4. The van der Waals surface area contributed by atoms with Gasteiger partial charge in [-0.2, -0.15) is 13.2 Å². The van der Waals surface area contributed by atoms with Crippen molar-refractivity contribution in [2.75, 3.05) is 5.32 Å². The molecule has 40 heavy (non-hydrogen) atoms. The van der Waals surface area contributed by atoms with E-state index in [9.17, 15) is 23.1 Å². The smallest absolute Gasteiger partial charge is 0.416 e. The van der Waals surface area contributed by atoms with Crippen LogP contribution in [0.4, 0.5) is 19.0 Å². The van der Waals surface area contributed by atoms with Crippen LogP contribution in [0, 0.1) is 5.92 Å². The number of anilines is 1. The topological polar surface area (TPSA) is 92.9 Å². The number of fused-ring (bicyclic) bond motifs is 1. The van der Waals surface area contributed by atoms with Gasteiger partial charge in [0.15, 0.2) is 11.5 Å². The van der Waals surface area contributed by atoms with Crippen molar-refractivity contribution in [3.05, 3.63) is 71.0 Å². The lowest BCUT2D eigenvalue weighted by Crippen LogP contribution is -2.31. The molecule has 0 amide bonds. The molecule has 0 aliphatic heterocycles. The van der Waals surface area contributed by atoms with Gasteiger partial charge >= 0.3 is 12.1 Å². The predicted molar refractivity (Wildman–Crippen MR) is 147 cm³/mol. The Labute approximate surface area is 230 Å². The first-order valence-electron chi connectivity index (χ1n) is 13.4. The largest absolute Gasteiger partial charge is 0.475 e. The number of nitrogens with one attached hydrogen (secondary N) is 1. The molecule has 0 radical (unpaired) electrons. The van der Waals surface area contributed by atoms with Crippen molar-refractivity contribution >= 4 is 23.0 Å². The highest BCUT2D eigenvalue weighted by atomic mass is 19.4. The Morgan fingerprint density at radius 2 is 1.62 bits per heavy atom. The van der Waals surface area contributed by atoms with Crippen molar-refractivity contribution in [3.8, 4) is 11.4 Å². The number of imidazole rings is 1. The fraction of sp³-hybridized carbons (Fsp3) is 0.400. The van der Waals surface area contributed by atoms with Gasteiger partial charge < -0.3 is 15.0 Å². The van der Waals surface area contributed by atoms with Gasteiger partial charge in [-0.1, -0.05) is 63.6 Å². The van der Waals surface area contributed by atoms with Gasteiger partial charge in [0, 0.05) is 18.2 Å². The SMILES string of the molecule is C[C@@H](Nc1nc(C(=O)O)nc2nc(-c3ccc(C(C)(C)C)cc3)n(Cc3ccc(C(F)(F)F)cc3)c12)C1CCC1. The molecule has 5 rings (SSSR count). The van der Waals surface area contributed by atoms with Crippen LogP contribution in [0.5, 0.6) is 0 Å². The molecule has 4 aromatic rings. The first kappa shape index (κ1) is 27.6. The van der Waals surface area contributed by atoms with Gasteiger partial charge in [0.05, 0.1) is 5.56 Å². The van der Waals surface area contributed by atoms with E-state index in [0.29, 0.717) is 28.6 Å². The molecule has 1 fully saturated rings. The van der Waals surface area contributed by atoms with Crippen LogP contribution in [0.15, 0.2) is 48.5 Å². The molecule has 2 N–H and O–H groups in total. The van der Waals surface area contributed by atoms with Crippen molar-refractivity contribution in [1.82, 2.24) is 19.5 Å². The molecule has 0 unspecified atom stereocenters. The highest BCUT2D eigenvalue weighted by Gasteiger charge is 2.30. The number of nitrogens with zero attached hydrogens (tertiary/aromatic N) is 4. The summed E-state index contributed by atoms with van der Waals surface area (Å²) < 4.78 is 41.4. The standard InChI is InChI=1S/C30H32F3N5O2/c1-17(19-6-5-7-19)34-24-23-25(36-26(35-24)28(39)40)37-27(20-10-14-21(15-11-20)29(2,3)4)38(23)16-18-8-12-22(13-9-18)30(31,32)33/h8-15,17,19H,5-7,16H2,1-4H3,(H,39,40)(H,34,35,36)/t17-/m1/s1. The molecule has 2 aromatic carbocycles. The lowest BCUT2D eigenvalue weighted by Gasteiger charge is -2.32. The first-order chi connectivity index (χ1) is 18.8. The summed E-state index contributed by atoms with van der Waals surface area (Å²) in [5.74, 6) is -0.335. The predicted octanol–water partition coefficient (Wildman–Crippen LogP) is 7.16. The molecule has 2 aromatic heterocycles. The van der Waals surface area contributed by atoms with Crippen molar-refractivity contribution < 1.29 is 23.1 Å². The molecule has 0 spiro atoms. The second-order valence-corrected chi connectivity index (χ2v) is 11.5. The molecule has 0 saturated heterocycles. The molecular formula is C30H32F3N5O2. The average Bonchev–Trinajstić information content (AvgIpc) is 3.20. The van der Waals surface area contributed by atoms with E-state index in [4.69, 9.17) is 4.98 Å². The molecule has 1 saturated carbocycles. The van der Waals surface area contributed by atoms with Crippen LogP contribution in [0.25, 0.3) is 22.6 Å². The second-order valence-electron chi connectivity index (χ2n) is 11.5. The average molecular weight is 552 g/mol. The third-order valence-corrected chi connectivity index (χ3v) is 7.65. The molecule has 1 atom stereocenters. The lowest BCUT2D eigenvalue weighted by molar-refractivity contribution is -0.137. The second kappa shape index (κ2) is 10.2. The molecule has 1 aliphatic rings. The summed E-state index contributed by atoms with van der Waals surface area (Å²) in [7, 11) is 0. The Morgan fingerprint density at radius 1 is 1.00 bits per heavy atom.